The molecule has 0 fully saturated rings. The third kappa shape index (κ3) is 3.07. The maximum atomic E-state index is 10.9. The molecule has 0 aliphatic heterocycles. The van der Waals surface area contributed by atoms with E-state index in [1.807, 2.05) is 6.92 Å². The molecule has 2 nitrogen and oxygen atoms in total. The molecular formula is C8H13NO. The Morgan fingerprint density at radius 1 is 1.70 bits per heavy atom. The van der Waals surface area contributed by atoms with Gasteiger partial charge in [-0.15, -0.1) is 0 Å². The van der Waals surface area contributed by atoms with Crippen LogP contribution in [0, 0.1) is 0 Å². The van der Waals surface area contributed by atoms with Crippen molar-refractivity contribution in [1.29, 1.82) is 0 Å². The quantitative estimate of drug-likeness (QED) is 0.589. The van der Waals surface area contributed by atoms with Crippen LogP contribution in [0.2, 0.25) is 0 Å². The van der Waals surface area contributed by atoms with Crippen molar-refractivity contribution in [3.63, 3.8) is 0 Å². The van der Waals surface area contributed by atoms with Crippen LogP contribution < -0.4 is 5.32 Å². The highest BCUT2D eigenvalue weighted by atomic mass is 16.1. The zero-order chi connectivity index (χ0) is 7.98. The molecule has 0 aromatic rings. The van der Waals surface area contributed by atoms with Crippen LogP contribution in [-0.2, 0) is 4.79 Å². The molecule has 0 saturated carbocycles. The summed E-state index contributed by atoms with van der Waals surface area (Å²) in [5.41, 5.74) is 0.613. The normalized spacial score (nSPS) is 8.50. The molecule has 0 rings (SSSR count). The summed E-state index contributed by atoms with van der Waals surface area (Å²) < 4.78 is 0. The number of hydrogen-bond donors (Lipinski definition) is 1. The highest BCUT2D eigenvalue weighted by molar-refractivity contribution is 5.93. The van der Waals surface area contributed by atoms with E-state index in [1.165, 1.54) is 6.20 Å². The number of nitrogens with one attached hydrogen (secondary N) is 1. The molecule has 10 heavy (non-hydrogen) atoms. The van der Waals surface area contributed by atoms with Crippen molar-refractivity contribution in [2.24, 2.45) is 0 Å². The highest BCUT2D eigenvalue weighted by Crippen LogP contribution is 2.00. The van der Waals surface area contributed by atoms with E-state index in [9.17, 15) is 4.79 Å². The van der Waals surface area contributed by atoms with Crippen molar-refractivity contribution in [1.82, 2.24) is 5.32 Å². The van der Waals surface area contributed by atoms with Gasteiger partial charge in [0.1, 0.15) is 0 Å². The Morgan fingerprint density at radius 3 is 2.70 bits per heavy atom. The van der Waals surface area contributed by atoms with Crippen LogP contribution in [0.3, 0.4) is 0 Å². The van der Waals surface area contributed by atoms with E-state index < -0.39 is 0 Å². The van der Waals surface area contributed by atoms with Crippen LogP contribution in [0.5, 0.6) is 0 Å². The second-order valence-electron chi connectivity index (χ2n) is 2.03. The van der Waals surface area contributed by atoms with E-state index in [-0.39, 0.29) is 5.91 Å². The number of carbonyl (C=O) groups excluding carboxylic acids is 1. The molecule has 0 saturated heterocycles. The standard InChI is InChI=1S/C8H13NO/c1-4-6-7(3)8(10)9-5-2/h5H,2-4,6H2,1H3,(H,9,10). The fraction of sp³-hybridized carbons (Fsp3) is 0.375. The predicted octanol–water partition coefficient (Wildman–Crippen LogP) is 1.60. The lowest BCUT2D eigenvalue weighted by Crippen LogP contribution is -2.17. The number of amides is 1. The van der Waals surface area contributed by atoms with Gasteiger partial charge in [0.2, 0.25) is 5.91 Å². The van der Waals surface area contributed by atoms with Gasteiger partial charge in [-0.1, -0.05) is 26.5 Å². The molecule has 0 unspecified atom stereocenters. The van der Waals surface area contributed by atoms with Crippen LogP contribution in [-0.4, -0.2) is 5.91 Å². The summed E-state index contributed by atoms with van der Waals surface area (Å²) in [6.45, 7) is 8.98. The summed E-state index contributed by atoms with van der Waals surface area (Å²) in [5.74, 6) is -0.128. The first-order valence-corrected chi connectivity index (χ1v) is 3.32. The molecule has 0 atom stereocenters. The average Bonchev–Trinajstić information content (AvgIpc) is 1.89. The second kappa shape index (κ2) is 4.79. The summed E-state index contributed by atoms with van der Waals surface area (Å²) in [5, 5.41) is 2.46. The first-order valence-electron chi connectivity index (χ1n) is 3.32. The van der Waals surface area contributed by atoms with Gasteiger partial charge in [0.05, 0.1) is 0 Å². The van der Waals surface area contributed by atoms with E-state index >= 15 is 0 Å². The van der Waals surface area contributed by atoms with Gasteiger partial charge >= 0.3 is 0 Å². The van der Waals surface area contributed by atoms with Gasteiger partial charge in [0.15, 0.2) is 0 Å². The van der Waals surface area contributed by atoms with Crippen LogP contribution >= 0.6 is 0 Å². The molecule has 1 N–H and O–H groups in total. The Balaban J connectivity index is 3.70. The summed E-state index contributed by atoms with van der Waals surface area (Å²) >= 11 is 0. The maximum Gasteiger partial charge on any atom is 0.250 e. The fourth-order valence-corrected chi connectivity index (χ4v) is 0.610. The number of rotatable bonds is 4. The number of hydrogen-bond acceptors (Lipinski definition) is 1. The lowest BCUT2D eigenvalue weighted by atomic mass is 10.2. The molecule has 0 aromatic carbocycles. The van der Waals surface area contributed by atoms with Crippen LogP contribution in [0.1, 0.15) is 19.8 Å². The summed E-state index contributed by atoms with van der Waals surface area (Å²) in [6, 6.07) is 0. The summed E-state index contributed by atoms with van der Waals surface area (Å²) in [6.07, 6.45) is 3.06. The van der Waals surface area contributed by atoms with Gasteiger partial charge in [-0.3, -0.25) is 4.79 Å². The van der Waals surface area contributed by atoms with E-state index in [4.69, 9.17) is 0 Å². The van der Waals surface area contributed by atoms with Crippen LogP contribution in [0.4, 0.5) is 0 Å². The lowest BCUT2D eigenvalue weighted by molar-refractivity contribution is -0.116. The number of carbonyl (C=O) groups is 1. The van der Waals surface area contributed by atoms with E-state index in [2.05, 4.69) is 18.5 Å². The Labute approximate surface area is 61.6 Å². The minimum absolute atomic E-state index is 0.128. The van der Waals surface area contributed by atoms with E-state index in [0.29, 0.717) is 5.57 Å². The van der Waals surface area contributed by atoms with Gasteiger partial charge in [0, 0.05) is 5.57 Å². The van der Waals surface area contributed by atoms with Gasteiger partial charge in [-0.2, -0.15) is 0 Å². The monoisotopic (exact) mass is 139 g/mol. The predicted molar refractivity (Wildman–Crippen MR) is 42.4 cm³/mol. The van der Waals surface area contributed by atoms with Gasteiger partial charge in [-0.25, -0.2) is 0 Å². The molecule has 0 aliphatic rings. The Kier molecular flexibility index (Phi) is 4.29. The minimum atomic E-state index is -0.128. The Bertz CT molecular complexity index is 149. The van der Waals surface area contributed by atoms with Crippen molar-refractivity contribution in [2.75, 3.05) is 0 Å². The summed E-state index contributed by atoms with van der Waals surface area (Å²) in [4.78, 5) is 10.9. The highest BCUT2D eigenvalue weighted by Gasteiger charge is 2.01. The Hall–Kier alpha value is -1.05. The van der Waals surface area contributed by atoms with Crippen molar-refractivity contribution in [3.05, 3.63) is 24.9 Å². The van der Waals surface area contributed by atoms with Crippen molar-refractivity contribution in [3.8, 4) is 0 Å². The van der Waals surface area contributed by atoms with E-state index in [1.54, 1.807) is 0 Å². The van der Waals surface area contributed by atoms with Crippen molar-refractivity contribution >= 4 is 5.91 Å². The van der Waals surface area contributed by atoms with Gasteiger partial charge in [-0.05, 0) is 12.6 Å². The van der Waals surface area contributed by atoms with Crippen LogP contribution in [0.25, 0.3) is 0 Å². The average molecular weight is 139 g/mol. The van der Waals surface area contributed by atoms with E-state index in [0.717, 1.165) is 12.8 Å². The zero-order valence-electron chi connectivity index (χ0n) is 6.31. The Morgan fingerprint density at radius 2 is 2.30 bits per heavy atom. The SMILES string of the molecule is C=CNC(=O)C(=C)CCC. The molecule has 0 bridgehead atoms. The minimum Gasteiger partial charge on any atom is -0.329 e. The van der Waals surface area contributed by atoms with Crippen LogP contribution in [0.15, 0.2) is 24.9 Å². The molecule has 0 aromatic heterocycles. The largest absolute Gasteiger partial charge is 0.329 e. The molecule has 0 aliphatic carbocycles. The second-order valence-corrected chi connectivity index (χ2v) is 2.03. The molecule has 1 amide bonds. The molecule has 2 heteroatoms. The third-order valence-corrected chi connectivity index (χ3v) is 1.11. The fourth-order valence-electron chi connectivity index (χ4n) is 0.610. The van der Waals surface area contributed by atoms with Crippen molar-refractivity contribution < 1.29 is 4.79 Å². The zero-order valence-corrected chi connectivity index (χ0v) is 6.31. The molecular weight excluding hydrogens is 126 g/mol. The van der Waals surface area contributed by atoms with Gasteiger partial charge < -0.3 is 5.32 Å². The lowest BCUT2D eigenvalue weighted by Gasteiger charge is -2.00. The summed E-state index contributed by atoms with van der Waals surface area (Å²) in [7, 11) is 0. The van der Waals surface area contributed by atoms with Gasteiger partial charge in [0.25, 0.3) is 0 Å². The molecule has 0 radical (unpaired) electrons. The first kappa shape index (κ1) is 8.95. The topological polar surface area (TPSA) is 29.1 Å². The maximum absolute atomic E-state index is 10.9. The molecule has 0 spiro atoms. The smallest absolute Gasteiger partial charge is 0.250 e. The first-order chi connectivity index (χ1) is 4.72. The molecule has 0 heterocycles. The molecule has 56 valence electrons. The third-order valence-electron chi connectivity index (χ3n) is 1.11. The van der Waals surface area contributed by atoms with Crippen molar-refractivity contribution in [2.45, 2.75) is 19.8 Å².